The first-order valence-electron chi connectivity index (χ1n) is 3.56. The van der Waals surface area contributed by atoms with E-state index in [0.29, 0.717) is 0 Å². The third-order valence-electron chi connectivity index (χ3n) is 0.843. The Hall–Kier alpha value is -0.00610. The number of hydrogen-bond acceptors (Lipinski definition) is 1. The Balaban J connectivity index is 0. The van der Waals surface area contributed by atoms with Crippen LogP contribution in [0.25, 0.3) is 0 Å². The summed E-state index contributed by atoms with van der Waals surface area (Å²) in [4.78, 5) is 9.38. The van der Waals surface area contributed by atoms with E-state index in [0.717, 1.165) is 0 Å². The zero-order chi connectivity index (χ0) is 8.53. The molecule has 12 heavy (non-hydrogen) atoms. The molecule has 63 valence electrons. The molecule has 0 amide bonds. The van der Waals surface area contributed by atoms with E-state index in [1.165, 1.54) is 0 Å². The van der Waals surface area contributed by atoms with Crippen molar-refractivity contribution in [1.29, 1.82) is 0 Å². The van der Waals surface area contributed by atoms with Gasteiger partial charge in [0, 0.05) is 32.7 Å². The molecule has 0 saturated carbocycles. The Kier molecular flexibility index (Phi) is 13.3. The summed E-state index contributed by atoms with van der Waals surface area (Å²) in [5.41, 5.74) is 0. The fourth-order valence-electron chi connectivity index (χ4n) is 0.342. The van der Waals surface area contributed by atoms with Gasteiger partial charge in [-0.15, -0.1) is 5.92 Å². The van der Waals surface area contributed by atoms with Crippen LogP contribution in [-0.4, -0.2) is 6.29 Å². The van der Waals surface area contributed by atoms with Crippen LogP contribution in [0, 0.1) is 12.0 Å². The van der Waals surface area contributed by atoms with Crippen LogP contribution in [0.2, 0.25) is 0 Å². The SMILES string of the molecule is CC(C)[C-]=O.[Y].[c-]1ccccc1. The van der Waals surface area contributed by atoms with Crippen molar-refractivity contribution in [3.05, 3.63) is 36.4 Å². The quantitative estimate of drug-likeness (QED) is 0.684. The molecule has 0 spiro atoms. The molecule has 1 rings (SSSR count). The van der Waals surface area contributed by atoms with Crippen molar-refractivity contribution >= 4 is 6.29 Å². The molecule has 1 nitrogen and oxygen atoms in total. The van der Waals surface area contributed by atoms with Gasteiger partial charge in [0.25, 0.3) is 0 Å². The molecular weight excluding hydrogens is 225 g/mol. The van der Waals surface area contributed by atoms with Gasteiger partial charge in [-0.05, 0) is 0 Å². The van der Waals surface area contributed by atoms with Crippen molar-refractivity contribution in [2.75, 3.05) is 0 Å². The van der Waals surface area contributed by atoms with Gasteiger partial charge in [0.2, 0.25) is 0 Å². The molecule has 1 radical (unpaired) electrons. The number of rotatable bonds is 1. The molecule has 1 aromatic carbocycles. The van der Waals surface area contributed by atoms with Crippen LogP contribution < -0.4 is 0 Å². The minimum atomic E-state index is 0. The second-order valence-electron chi connectivity index (χ2n) is 2.35. The fraction of sp³-hybridized carbons (Fsp3) is 0.300. The Labute approximate surface area is 99.4 Å². The van der Waals surface area contributed by atoms with Crippen LogP contribution in [0.5, 0.6) is 0 Å². The smallest absolute Gasteiger partial charge is 0 e. The molecular formula is C10H12OY-2. The molecule has 0 fully saturated rings. The van der Waals surface area contributed by atoms with E-state index in [9.17, 15) is 4.79 Å². The van der Waals surface area contributed by atoms with E-state index in [2.05, 4.69) is 6.07 Å². The first-order valence-corrected chi connectivity index (χ1v) is 3.56. The van der Waals surface area contributed by atoms with Gasteiger partial charge in [-0.3, -0.25) is 6.29 Å². The molecule has 0 aliphatic carbocycles. The summed E-state index contributed by atoms with van der Waals surface area (Å²) in [5.74, 6) is 0.0787. The number of benzene rings is 1. The zero-order valence-corrected chi connectivity index (χ0v) is 10.3. The molecule has 0 aliphatic heterocycles. The molecule has 0 aliphatic rings. The summed E-state index contributed by atoms with van der Waals surface area (Å²) in [6.45, 7) is 3.60. The van der Waals surface area contributed by atoms with Gasteiger partial charge in [0.05, 0.1) is 0 Å². The monoisotopic (exact) mass is 237 g/mol. The van der Waals surface area contributed by atoms with Crippen LogP contribution in [0.3, 0.4) is 0 Å². The van der Waals surface area contributed by atoms with Crippen LogP contribution in [0.4, 0.5) is 0 Å². The predicted octanol–water partition coefficient (Wildman–Crippen LogP) is 2.24. The maximum atomic E-state index is 9.38. The second kappa shape index (κ2) is 11.0. The minimum absolute atomic E-state index is 0. The van der Waals surface area contributed by atoms with E-state index in [1.54, 1.807) is 20.1 Å². The van der Waals surface area contributed by atoms with Crippen LogP contribution in [0.1, 0.15) is 13.8 Å². The maximum absolute atomic E-state index is 9.38. The Bertz CT molecular complexity index is 146. The number of carbonyl (C=O) groups excluding carboxylic acids is 1. The van der Waals surface area contributed by atoms with Crippen molar-refractivity contribution in [2.24, 2.45) is 5.92 Å². The van der Waals surface area contributed by atoms with E-state index in [1.807, 2.05) is 30.3 Å². The summed E-state index contributed by atoms with van der Waals surface area (Å²) in [6.07, 6.45) is 1.78. The molecule has 0 aromatic heterocycles. The summed E-state index contributed by atoms with van der Waals surface area (Å²) in [6, 6.07) is 12.5. The third-order valence-corrected chi connectivity index (χ3v) is 0.843. The molecule has 0 unspecified atom stereocenters. The average Bonchev–Trinajstić information content (AvgIpc) is 2.09. The van der Waals surface area contributed by atoms with E-state index in [4.69, 9.17) is 0 Å². The second-order valence-corrected chi connectivity index (χ2v) is 2.35. The normalized spacial score (nSPS) is 7.58. The third kappa shape index (κ3) is 12.7. The first kappa shape index (κ1) is 14.5. The fourth-order valence-corrected chi connectivity index (χ4v) is 0.342. The van der Waals surface area contributed by atoms with E-state index >= 15 is 0 Å². The van der Waals surface area contributed by atoms with E-state index < -0.39 is 0 Å². The molecule has 0 atom stereocenters. The molecule has 0 N–H and O–H groups in total. The molecule has 1 aromatic rings. The Morgan fingerprint density at radius 2 is 1.58 bits per heavy atom. The van der Waals surface area contributed by atoms with Gasteiger partial charge in [-0.1, -0.05) is 13.8 Å². The largest absolute Gasteiger partial charge is 0.542 e. The van der Waals surface area contributed by atoms with Gasteiger partial charge < -0.3 is 4.79 Å². The van der Waals surface area contributed by atoms with Gasteiger partial charge >= 0.3 is 0 Å². The van der Waals surface area contributed by atoms with Crippen molar-refractivity contribution in [3.8, 4) is 0 Å². The molecule has 2 heteroatoms. The Morgan fingerprint density at radius 1 is 1.17 bits per heavy atom. The topological polar surface area (TPSA) is 17.1 Å². The van der Waals surface area contributed by atoms with Gasteiger partial charge in [-0.25, -0.2) is 0 Å². The minimum Gasteiger partial charge on any atom is -0.542 e. The molecule has 0 bridgehead atoms. The standard InChI is InChI=1S/C6H5.C4H7O.Y/c1-2-4-6-5-3-1;1-4(2)3-5;/h1-5H;4H,1-2H3;/q2*-1;. The van der Waals surface area contributed by atoms with Crippen LogP contribution in [-0.2, 0) is 37.5 Å². The summed E-state index contributed by atoms with van der Waals surface area (Å²) in [5, 5.41) is 0. The van der Waals surface area contributed by atoms with Crippen LogP contribution in [0.15, 0.2) is 30.3 Å². The maximum Gasteiger partial charge on any atom is 0 e. The summed E-state index contributed by atoms with van der Waals surface area (Å²) in [7, 11) is 0. The van der Waals surface area contributed by atoms with Crippen LogP contribution >= 0.6 is 0 Å². The molecule has 0 saturated heterocycles. The van der Waals surface area contributed by atoms with Crippen molar-refractivity contribution in [1.82, 2.24) is 0 Å². The average molecular weight is 237 g/mol. The zero-order valence-electron chi connectivity index (χ0n) is 7.45. The number of hydrogen-bond donors (Lipinski definition) is 0. The van der Waals surface area contributed by atoms with Gasteiger partial charge in [0.1, 0.15) is 0 Å². The molecule has 0 heterocycles. The van der Waals surface area contributed by atoms with E-state index in [-0.39, 0.29) is 38.6 Å². The van der Waals surface area contributed by atoms with Gasteiger partial charge in [-0.2, -0.15) is 36.4 Å². The van der Waals surface area contributed by atoms with Crippen molar-refractivity contribution in [2.45, 2.75) is 13.8 Å². The van der Waals surface area contributed by atoms with Crippen molar-refractivity contribution in [3.63, 3.8) is 0 Å². The predicted molar refractivity (Wildman–Crippen MR) is 45.8 cm³/mol. The summed E-state index contributed by atoms with van der Waals surface area (Å²) >= 11 is 0. The van der Waals surface area contributed by atoms with Gasteiger partial charge in [0.15, 0.2) is 0 Å². The Morgan fingerprint density at radius 3 is 1.67 bits per heavy atom. The summed E-state index contributed by atoms with van der Waals surface area (Å²) < 4.78 is 0. The first-order chi connectivity index (χ1) is 5.27. The van der Waals surface area contributed by atoms with Crippen molar-refractivity contribution < 1.29 is 37.5 Å².